The minimum absolute atomic E-state index is 0.317. The van der Waals surface area contributed by atoms with Crippen LogP contribution in [0.5, 0.6) is 0 Å². The molecule has 0 amide bonds. The number of nitrogens with two attached hydrogens (primary N) is 1. The lowest BCUT2D eigenvalue weighted by Gasteiger charge is -2.31. The Morgan fingerprint density at radius 2 is 2.38 bits per heavy atom. The molecule has 0 saturated carbocycles. The zero-order valence-corrected chi connectivity index (χ0v) is 8.54. The van der Waals surface area contributed by atoms with Gasteiger partial charge in [0.2, 0.25) is 11.6 Å². The molecular weight excluding hydrogens is 190 g/mol. The molecule has 6 heteroatoms. The van der Waals surface area contributed by atoms with Gasteiger partial charge >= 0.3 is 0 Å². The van der Waals surface area contributed by atoms with Crippen LogP contribution in [0.4, 0.5) is 0 Å². The number of halogens is 1. The van der Waals surface area contributed by atoms with Crippen molar-refractivity contribution >= 4 is 23.5 Å². The largest absolute Gasteiger partial charge is 0.370 e. The Bertz CT molecular complexity index is 237. The molecule has 0 radical (unpaired) electrons. The van der Waals surface area contributed by atoms with Crippen LogP contribution >= 0.6 is 11.6 Å². The van der Waals surface area contributed by atoms with Gasteiger partial charge in [0.15, 0.2) is 5.96 Å². The van der Waals surface area contributed by atoms with Gasteiger partial charge in [-0.3, -0.25) is 10.3 Å². The third-order valence-corrected chi connectivity index (χ3v) is 2.00. The minimum Gasteiger partial charge on any atom is -0.370 e. The van der Waals surface area contributed by atoms with Crippen molar-refractivity contribution in [3.63, 3.8) is 0 Å². The van der Waals surface area contributed by atoms with Crippen LogP contribution in [-0.2, 0) is 0 Å². The number of aliphatic imine (C=N–C) groups is 2. The summed E-state index contributed by atoms with van der Waals surface area (Å²) in [4.78, 5) is 10.0. The number of nitrogens with zero attached hydrogens (tertiary/aromatic N) is 3. The highest BCUT2D eigenvalue weighted by Gasteiger charge is 2.22. The van der Waals surface area contributed by atoms with Gasteiger partial charge in [-0.1, -0.05) is 11.6 Å². The third kappa shape index (κ3) is 2.24. The quantitative estimate of drug-likeness (QED) is 0.495. The highest BCUT2D eigenvalue weighted by Crippen LogP contribution is 2.09. The second-order valence-corrected chi connectivity index (χ2v) is 2.92. The summed E-state index contributed by atoms with van der Waals surface area (Å²) in [6.07, 6.45) is 0. The summed E-state index contributed by atoms with van der Waals surface area (Å²) in [5.74, 6) is 1.01. The Balaban J connectivity index is 2.85. The van der Waals surface area contributed by atoms with E-state index in [1.807, 2.05) is 18.7 Å². The minimum atomic E-state index is -0.448. The SMILES string of the molecule is CCN=C1NC(N)=NC(Cl)N1CC. The molecule has 0 fully saturated rings. The van der Waals surface area contributed by atoms with Crippen LogP contribution < -0.4 is 11.1 Å². The molecule has 0 saturated heterocycles. The van der Waals surface area contributed by atoms with Crippen molar-refractivity contribution in [1.82, 2.24) is 10.2 Å². The fourth-order valence-corrected chi connectivity index (χ4v) is 1.42. The van der Waals surface area contributed by atoms with Gasteiger partial charge < -0.3 is 10.6 Å². The highest BCUT2D eigenvalue weighted by molar-refractivity contribution is 6.23. The number of rotatable bonds is 2. The molecule has 0 aromatic rings. The van der Waals surface area contributed by atoms with E-state index in [0.29, 0.717) is 18.5 Å². The second kappa shape index (κ2) is 4.32. The summed E-state index contributed by atoms with van der Waals surface area (Å²) in [7, 11) is 0. The predicted octanol–water partition coefficient (Wildman–Crippen LogP) is 0.125. The van der Waals surface area contributed by atoms with Crippen LogP contribution in [-0.4, -0.2) is 35.5 Å². The molecule has 13 heavy (non-hydrogen) atoms. The summed E-state index contributed by atoms with van der Waals surface area (Å²) < 4.78 is 0. The average Bonchev–Trinajstić information content (AvgIpc) is 2.04. The van der Waals surface area contributed by atoms with Crippen LogP contribution in [0.15, 0.2) is 9.98 Å². The lowest BCUT2D eigenvalue weighted by Crippen LogP contribution is -2.54. The Labute approximate surface area is 82.7 Å². The molecule has 0 bridgehead atoms. The molecular formula is C7H14ClN5. The van der Waals surface area contributed by atoms with Gasteiger partial charge in [-0.2, -0.15) is 0 Å². The molecule has 3 N–H and O–H groups in total. The molecule has 0 spiro atoms. The first kappa shape index (κ1) is 10.1. The number of guanidine groups is 2. The van der Waals surface area contributed by atoms with E-state index in [9.17, 15) is 0 Å². The summed E-state index contributed by atoms with van der Waals surface area (Å²) in [6, 6.07) is 0. The van der Waals surface area contributed by atoms with E-state index in [-0.39, 0.29) is 0 Å². The first-order valence-corrected chi connectivity index (χ1v) is 4.68. The van der Waals surface area contributed by atoms with Crippen LogP contribution in [0, 0.1) is 0 Å². The molecule has 1 rings (SSSR count). The average molecular weight is 204 g/mol. The number of hydrogen-bond donors (Lipinski definition) is 2. The van der Waals surface area contributed by atoms with Crippen molar-refractivity contribution in [3.05, 3.63) is 0 Å². The standard InChI is InChI=1S/C7H14ClN5/c1-3-10-7-12-6(9)11-5(8)13(7)4-2/h5H,3-4H2,1-2H3,(H3,9,10,11,12). The van der Waals surface area contributed by atoms with Gasteiger partial charge in [-0.25, -0.2) is 4.99 Å². The first-order valence-electron chi connectivity index (χ1n) is 4.24. The van der Waals surface area contributed by atoms with Crippen LogP contribution in [0.2, 0.25) is 0 Å². The van der Waals surface area contributed by atoms with E-state index in [1.165, 1.54) is 0 Å². The predicted molar refractivity (Wildman–Crippen MR) is 54.8 cm³/mol. The van der Waals surface area contributed by atoms with Gasteiger partial charge in [-0.05, 0) is 13.8 Å². The topological polar surface area (TPSA) is 66.0 Å². The Morgan fingerprint density at radius 1 is 1.69 bits per heavy atom. The summed E-state index contributed by atoms with van der Waals surface area (Å²) >= 11 is 5.95. The maximum atomic E-state index is 5.95. The molecule has 0 aromatic carbocycles. The van der Waals surface area contributed by atoms with Crippen molar-refractivity contribution < 1.29 is 0 Å². The monoisotopic (exact) mass is 203 g/mol. The van der Waals surface area contributed by atoms with Crippen molar-refractivity contribution in [3.8, 4) is 0 Å². The molecule has 1 atom stereocenters. The van der Waals surface area contributed by atoms with Gasteiger partial charge in [-0.15, -0.1) is 0 Å². The summed E-state index contributed by atoms with van der Waals surface area (Å²) in [5, 5.41) is 2.87. The summed E-state index contributed by atoms with van der Waals surface area (Å²) in [6.45, 7) is 5.37. The maximum absolute atomic E-state index is 5.95. The van der Waals surface area contributed by atoms with E-state index < -0.39 is 5.62 Å². The maximum Gasteiger partial charge on any atom is 0.203 e. The Hall–Kier alpha value is -0.970. The fraction of sp³-hybridized carbons (Fsp3) is 0.714. The van der Waals surface area contributed by atoms with Crippen LogP contribution in [0.1, 0.15) is 13.8 Å². The molecule has 74 valence electrons. The van der Waals surface area contributed by atoms with Crippen LogP contribution in [0.3, 0.4) is 0 Å². The smallest absolute Gasteiger partial charge is 0.203 e. The molecule has 0 aliphatic carbocycles. The van der Waals surface area contributed by atoms with Crippen molar-refractivity contribution in [1.29, 1.82) is 0 Å². The van der Waals surface area contributed by atoms with Crippen molar-refractivity contribution in [2.24, 2.45) is 15.7 Å². The molecule has 1 heterocycles. The lowest BCUT2D eigenvalue weighted by molar-refractivity contribution is 0.396. The number of nitrogens with one attached hydrogen (secondary N) is 1. The highest BCUT2D eigenvalue weighted by atomic mass is 35.5. The molecule has 1 unspecified atom stereocenters. The molecule has 5 nitrogen and oxygen atoms in total. The molecule has 0 aromatic heterocycles. The van der Waals surface area contributed by atoms with E-state index in [4.69, 9.17) is 17.3 Å². The Morgan fingerprint density at radius 3 is 2.92 bits per heavy atom. The fourth-order valence-electron chi connectivity index (χ4n) is 1.08. The second-order valence-electron chi connectivity index (χ2n) is 2.53. The third-order valence-electron chi connectivity index (χ3n) is 1.66. The van der Waals surface area contributed by atoms with Crippen molar-refractivity contribution in [2.45, 2.75) is 19.5 Å². The van der Waals surface area contributed by atoms with Crippen LogP contribution in [0.25, 0.3) is 0 Å². The zero-order chi connectivity index (χ0) is 9.84. The zero-order valence-electron chi connectivity index (χ0n) is 7.79. The van der Waals surface area contributed by atoms with Gasteiger partial charge in [0.05, 0.1) is 0 Å². The van der Waals surface area contributed by atoms with E-state index in [0.717, 1.165) is 6.54 Å². The summed E-state index contributed by atoms with van der Waals surface area (Å²) in [5.41, 5.74) is 5.06. The van der Waals surface area contributed by atoms with Gasteiger partial charge in [0.25, 0.3) is 0 Å². The van der Waals surface area contributed by atoms with Gasteiger partial charge in [0.1, 0.15) is 0 Å². The van der Waals surface area contributed by atoms with E-state index in [2.05, 4.69) is 15.3 Å². The molecule has 1 aliphatic rings. The number of alkyl halides is 1. The Kier molecular flexibility index (Phi) is 3.36. The normalized spacial score (nSPS) is 25.8. The van der Waals surface area contributed by atoms with Crippen molar-refractivity contribution in [2.75, 3.05) is 13.1 Å². The van der Waals surface area contributed by atoms with Gasteiger partial charge in [0, 0.05) is 13.1 Å². The first-order chi connectivity index (χ1) is 6.19. The van der Waals surface area contributed by atoms with E-state index in [1.54, 1.807) is 0 Å². The lowest BCUT2D eigenvalue weighted by atomic mass is 10.5. The van der Waals surface area contributed by atoms with E-state index >= 15 is 0 Å². The number of hydrogen-bond acceptors (Lipinski definition) is 3. The molecule has 1 aliphatic heterocycles.